The number of nitrogens with zero attached hydrogens (tertiary/aromatic N) is 1. The molecule has 0 spiro atoms. The Morgan fingerprint density at radius 3 is 2.88 bits per heavy atom. The van der Waals surface area contributed by atoms with Gasteiger partial charge in [-0.05, 0) is 12.0 Å². The van der Waals surface area contributed by atoms with Crippen molar-refractivity contribution in [1.82, 2.24) is 4.90 Å². The molecule has 2 aliphatic rings. The molecule has 2 aliphatic heterocycles. The molecule has 0 amide bonds. The van der Waals surface area contributed by atoms with E-state index in [1.165, 1.54) is 5.56 Å². The van der Waals surface area contributed by atoms with Crippen LogP contribution in [0, 0.1) is 0 Å². The highest BCUT2D eigenvalue weighted by Crippen LogP contribution is 2.18. The Morgan fingerprint density at radius 2 is 2.12 bits per heavy atom. The first-order valence-electron chi connectivity index (χ1n) is 6.39. The van der Waals surface area contributed by atoms with Crippen LogP contribution in [0.5, 0.6) is 0 Å². The molecule has 17 heavy (non-hydrogen) atoms. The Bertz CT molecular complexity index is 350. The summed E-state index contributed by atoms with van der Waals surface area (Å²) in [4.78, 5) is 2.47. The molecule has 3 rings (SSSR count). The van der Waals surface area contributed by atoms with Crippen molar-refractivity contribution in [3.8, 4) is 0 Å². The molecule has 3 nitrogen and oxygen atoms in total. The standard InChI is InChI=1S/C14H19NO2/c1-2-4-12(5-3-1)8-15-7-6-13(9-15)16-10-14-11-17-14/h1-5,13-14H,6-11H2/t13-,14+/m1/s1. The molecular weight excluding hydrogens is 214 g/mol. The normalized spacial score (nSPS) is 28.5. The summed E-state index contributed by atoms with van der Waals surface area (Å²) in [5.41, 5.74) is 1.39. The van der Waals surface area contributed by atoms with Crippen molar-refractivity contribution in [1.29, 1.82) is 0 Å². The summed E-state index contributed by atoms with van der Waals surface area (Å²) < 4.78 is 11.0. The molecule has 2 heterocycles. The van der Waals surface area contributed by atoms with Crippen LogP contribution >= 0.6 is 0 Å². The molecule has 0 aliphatic carbocycles. The summed E-state index contributed by atoms with van der Waals surface area (Å²) in [5, 5.41) is 0. The Balaban J connectivity index is 1.43. The van der Waals surface area contributed by atoms with Crippen LogP contribution in [0.4, 0.5) is 0 Å². The van der Waals surface area contributed by atoms with E-state index in [4.69, 9.17) is 9.47 Å². The Morgan fingerprint density at radius 1 is 1.29 bits per heavy atom. The van der Waals surface area contributed by atoms with Crippen molar-refractivity contribution in [2.45, 2.75) is 25.2 Å². The predicted molar refractivity (Wildman–Crippen MR) is 65.8 cm³/mol. The smallest absolute Gasteiger partial charge is 0.104 e. The van der Waals surface area contributed by atoms with E-state index in [0.717, 1.165) is 39.3 Å². The lowest BCUT2D eigenvalue weighted by atomic mass is 10.2. The third-order valence-electron chi connectivity index (χ3n) is 3.40. The van der Waals surface area contributed by atoms with Gasteiger partial charge in [0.25, 0.3) is 0 Å². The Hall–Kier alpha value is -0.900. The minimum absolute atomic E-state index is 0.387. The van der Waals surface area contributed by atoms with Gasteiger partial charge < -0.3 is 9.47 Å². The van der Waals surface area contributed by atoms with Gasteiger partial charge in [0.15, 0.2) is 0 Å². The number of hydrogen-bond acceptors (Lipinski definition) is 3. The summed E-state index contributed by atoms with van der Waals surface area (Å²) in [6, 6.07) is 10.6. The second kappa shape index (κ2) is 5.17. The van der Waals surface area contributed by atoms with Gasteiger partial charge in [-0.25, -0.2) is 0 Å². The van der Waals surface area contributed by atoms with E-state index in [-0.39, 0.29) is 0 Å². The van der Waals surface area contributed by atoms with Crippen molar-refractivity contribution in [2.75, 3.05) is 26.3 Å². The summed E-state index contributed by atoms with van der Waals surface area (Å²) in [6.07, 6.45) is 1.95. The van der Waals surface area contributed by atoms with Crippen LogP contribution in [0.2, 0.25) is 0 Å². The number of likely N-dealkylation sites (tertiary alicyclic amines) is 1. The first-order chi connectivity index (χ1) is 8.40. The third kappa shape index (κ3) is 3.28. The fourth-order valence-electron chi connectivity index (χ4n) is 2.33. The monoisotopic (exact) mass is 233 g/mol. The van der Waals surface area contributed by atoms with Crippen molar-refractivity contribution < 1.29 is 9.47 Å². The van der Waals surface area contributed by atoms with Gasteiger partial charge in [-0.2, -0.15) is 0 Å². The second-order valence-electron chi connectivity index (χ2n) is 4.92. The largest absolute Gasteiger partial charge is 0.374 e. The molecule has 2 atom stereocenters. The zero-order valence-electron chi connectivity index (χ0n) is 10.0. The fourth-order valence-corrected chi connectivity index (χ4v) is 2.33. The van der Waals surface area contributed by atoms with E-state index < -0.39 is 0 Å². The van der Waals surface area contributed by atoms with E-state index in [9.17, 15) is 0 Å². The van der Waals surface area contributed by atoms with Crippen LogP contribution in [0.15, 0.2) is 30.3 Å². The van der Waals surface area contributed by atoms with Gasteiger partial charge in [0.2, 0.25) is 0 Å². The average Bonchev–Trinajstić information content (AvgIpc) is 3.09. The van der Waals surface area contributed by atoms with Crippen molar-refractivity contribution >= 4 is 0 Å². The Labute approximate surface area is 102 Å². The lowest BCUT2D eigenvalue weighted by Gasteiger charge is -2.16. The molecule has 0 saturated carbocycles. The van der Waals surface area contributed by atoms with Gasteiger partial charge in [-0.1, -0.05) is 30.3 Å². The summed E-state index contributed by atoms with van der Waals surface area (Å²) in [5.74, 6) is 0. The van der Waals surface area contributed by atoms with E-state index >= 15 is 0 Å². The quantitative estimate of drug-likeness (QED) is 0.723. The SMILES string of the molecule is c1ccc(CN2CC[C@@H](OC[C@H]3CO3)C2)cc1. The molecule has 1 aromatic rings. The zero-order chi connectivity index (χ0) is 11.5. The number of hydrogen-bond donors (Lipinski definition) is 0. The second-order valence-corrected chi connectivity index (χ2v) is 4.92. The molecule has 92 valence electrons. The van der Waals surface area contributed by atoms with E-state index in [0.29, 0.717) is 12.2 Å². The van der Waals surface area contributed by atoms with Gasteiger partial charge in [0.1, 0.15) is 6.10 Å². The van der Waals surface area contributed by atoms with Crippen LogP contribution in [-0.4, -0.2) is 43.4 Å². The predicted octanol–water partition coefficient (Wildman–Crippen LogP) is 1.68. The first kappa shape index (κ1) is 11.2. The molecule has 2 saturated heterocycles. The van der Waals surface area contributed by atoms with Gasteiger partial charge in [0.05, 0.1) is 19.3 Å². The van der Waals surface area contributed by atoms with E-state index in [1.54, 1.807) is 0 Å². The molecule has 1 aromatic carbocycles. The highest BCUT2D eigenvalue weighted by atomic mass is 16.6. The molecule has 0 bridgehead atoms. The lowest BCUT2D eigenvalue weighted by molar-refractivity contribution is 0.0479. The van der Waals surface area contributed by atoms with Crippen LogP contribution in [0.3, 0.4) is 0 Å². The molecule has 0 N–H and O–H groups in total. The Kier molecular flexibility index (Phi) is 3.41. The summed E-state index contributed by atoms with van der Waals surface area (Å²) in [7, 11) is 0. The third-order valence-corrected chi connectivity index (χ3v) is 3.40. The van der Waals surface area contributed by atoms with Crippen LogP contribution in [0.25, 0.3) is 0 Å². The lowest BCUT2D eigenvalue weighted by Crippen LogP contribution is -2.23. The van der Waals surface area contributed by atoms with Crippen molar-refractivity contribution in [3.63, 3.8) is 0 Å². The number of benzene rings is 1. The average molecular weight is 233 g/mol. The van der Waals surface area contributed by atoms with E-state index in [1.807, 2.05) is 0 Å². The fraction of sp³-hybridized carbons (Fsp3) is 0.571. The topological polar surface area (TPSA) is 25.0 Å². The number of epoxide rings is 1. The van der Waals surface area contributed by atoms with Crippen molar-refractivity contribution in [3.05, 3.63) is 35.9 Å². The number of rotatable bonds is 5. The van der Waals surface area contributed by atoms with Gasteiger partial charge in [-0.3, -0.25) is 4.90 Å². The minimum Gasteiger partial charge on any atom is -0.374 e. The van der Waals surface area contributed by atoms with E-state index in [2.05, 4.69) is 35.2 Å². The zero-order valence-corrected chi connectivity index (χ0v) is 10.0. The van der Waals surface area contributed by atoms with Crippen LogP contribution < -0.4 is 0 Å². The molecule has 0 radical (unpaired) electrons. The number of ether oxygens (including phenoxy) is 2. The van der Waals surface area contributed by atoms with Gasteiger partial charge in [0, 0.05) is 19.6 Å². The summed E-state index contributed by atoms with van der Waals surface area (Å²) >= 11 is 0. The maximum Gasteiger partial charge on any atom is 0.104 e. The highest BCUT2D eigenvalue weighted by Gasteiger charge is 2.27. The van der Waals surface area contributed by atoms with Crippen molar-refractivity contribution in [2.24, 2.45) is 0 Å². The molecule has 0 unspecified atom stereocenters. The summed E-state index contributed by atoms with van der Waals surface area (Å²) in [6.45, 7) is 4.91. The minimum atomic E-state index is 0.387. The van der Waals surface area contributed by atoms with Gasteiger partial charge >= 0.3 is 0 Å². The molecule has 0 aromatic heterocycles. The maximum absolute atomic E-state index is 5.83. The van der Waals surface area contributed by atoms with Crippen LogP contribution in [-0.2, 0) is 16.0 Å². The van der Waals surface area contributed by atoms with Gasteiger partial charge in [-0.15, -0.1) is 0 Å². The molecular formula is C14H19NO2. The highest BCUT2D eigenvalue weighted by molar-refractivity contribution is 5.14. The first-order valence-corrected chi connectivity index (χ1v) is 6.39. The molecule has 2 fully saturated rings. The maximum atomic E-state index is 5.83. The van der Waals surface area contributed by atoms with Crippen LogP contribution in [0.1, 0.15) is 12.0 Å². The molecule has 3 heteroatoms.